The van der Waals surface area contributed by atoms with Gasteiger partial charge in [0, 0.05) is 5.56 Å². The number of rotatable bonds is 4. The normalized spacial score (nSPS) is 12.0. The number of nitrogens with one attached hydrogen (secondary N) is 1. The van der Waals surface area contributed by atoms with E-state index in [1.807, 2.05) is 0 Å². The minimum Gasteiger partial charge on any atom is -0.508 e. The van der Waals surface area contributed by atoms with Crippen LogP contribution in [0.25, 0.3) is 0 Å². The van der Waals surface area contributed by atoms with E-state index in [-0.39, 0.29) is 16.3 Å². The van der Waals surface area contributed by atoms with Crippen LogP contribution in [0.5, 0.6) is 5.75 Å². The number of aliphatic hydroxyl groups excluding tert-OH is 1. The zero-order valence-electron chi connectivity index (χ0n) is 11.8. The van der Waals surface area contributed by atoms with Gasteiger partial charge in [-0.15, -0.1) is 0 Å². The Morgan fingerprint density at radius 2 is 2.05 bits per heavy atom. The maximum absolute atomic E-state index is 13.5. The molecule has 2 rings (SSSR count). The molecule has 0 fully saturated rings. The van der Waals surface area contributed by atoms with E-state index in [1.165, 1.54) is 24.3 Å². The first-order valence-electron chi connectivity index (χ1n) is 6.58. The van der Waals surface area contributed by atoms with Crippen LogP contribution in [0.4, 0.5) is 4.39 Å². The van der Waals surface area contributed by atoms with Crippen molar-refractivity contribution in [1.82, 2.24) is 5.32 Å². The molecule has 1 unspecified atom stereocenters. The first-order chi connectivity index (χ1) is 10.4. The third-order valence-corrected chi connectivity index (χ3v) is 3.46. The first kappa shape index (κ1) is 16.3. The third kappa shape index (κ3) is 3.75. The maximum Gasteiger partial charge on any atom is 0.251 e. The van der Waals surface area contributed by atoms with Crippen LogP contribution in [0.2, 0.25) is 5.02 Å². The Hall–Kier alpha value is -2.11. The SMILES string of the molecule is Cc1cc(O)cc(C(=O)NC(CO)c2ccc(Cl)c(F)c2)c1. The summed E-state index contributed by atoms with van der Waals surface area (Å²) in [7, 11) is 0. The molecule has 3 N–H and O–H groups in total. The summed E-state index contributed by atoms with van der Waals surface area (Å²) in [5.41, 5.74) is 1.38. The second-order valence-electron chi connectivity index (χ2n) is 4.94. The van der Waals surface area contributed by atoms with E-state index in [9.17, 15) is 19.4 Å². The quantitative estimate of drug-likeness (QED) is 0.810. The molecule has 1 atom stereocenters. The fraction of sp³-hybridized carbons (Fsp3) is 0.188. The number of hydrogen-bond donors (Lipinski definition) is 3. The molecule has 0 aromatic heterocycles. The van der Waals surface area contributed by atoms with Crippen molar-refractivity contribution < 1.29 is 19.4 Å². The summed E-state index contributed by atoms with van der Waals surface area (Å²) >= 11 is 5.61. The molecule has 0 aliphatic heterocycles. The Bertz CT molecular complexity index is 686. The highest BCUT2D eigenvalue weighted by Gasteiger charge is 2.17. The number of benzene rings is 2. The molecule has 2 aromatic carbocycles. The Morgan fingerprint density at radius 1 is 1.32 bits per heavy atom. The molecule has 0 aliphatic carbocycles. The van der Waals surface area contributed by atoms with Gasteiger partial charge in [0.15, 0.2) is 0 Å². The number of halogens is 2. The van der Waals surface area contributed by atoms with Crippen molar-refractivity contribution in [2.24, 2.45) is 0 Å². The van der Waals surface area contributed by atoms with E-state index in [1.54, 1.807) is 13.0 Å². The monoisotopic (exact) mass is 323 g/mol. The van der Waals surface area contributed by atoms with Crippen LogP contribution in [-0.4, -0.2) is 22.7 Å². The summed E-state index contributed by atoms with van der Waals surface area (Å²) in [4.78, 5) is 12.2. The molecular formula is C16H15ClFNO3. The van der Waals surface area contributed by atoms with Crippen LogP contribution < -0.4 is 5.32 Å². The molecule has 0 heterocycles. The average Bonchev–Trinajstić information content (AvgIpc) is 2.46. The molecule has 1 amide bonds. The molecular weight excluding hydrogens is 309 g/mol. The summed E-state index contributed by atoms with van der Waals surface area (Å²) < 4.78 is 13.5. The van der Waals surface area contributed by atoms with Gasteiger partial charge in [-0.1, -0.05) is 17.7 Å². The molecule has 0 radical (unpaired) electrons. The van der Waals surface area contributed by atoms with Gasteiger partial charge in [-0.05, 0) is 48.4 Å². The summed E-state index contributed by atoms with van der Waals surface area (Å²) in [5, 5.41) is 21.5. The van der Waals surface area contributed by atoms with Gasteiger partial charge in [0.05, 0.1) is 17.7 Å². The maximum atomic E-state index is 13.5. The zero-order valence-corrected chi connectivity index (χ0v) is 12.6. The van der Waals surface area contributed by atoms with E-state index in [0.29, 0.717) is 5.56 Å². The second-order valence-corrected chi connectivity index (χ2v) is 5.35. The van der Waals surface area contributed by atoms with Crippen molar-refractivity contribution in [3.63, 3.8) is 0 Å². The lowest BCUT2D eigenvalue weighted by Gasteiger charge is -2.17. The number of carbonyl (C=O) groups excluding carboxylic acids is 1. The second kappa shape index (κ2) is 6.77. The number of aromatic hydroxyl groups is 1. The highest BCUT2D eigenvalue weighted by atomic mass is 35.5. The lowest BCUT2D eigenvalue weighted by Crippen LogP contribution is -2.30. The number of amides is 1. The third-order valence-electron chi connectivity index (χ3n) is 3.16. The summed E-state index contributed by atoms with van der Waals surface area (Å²) in [5.74, 6) is -1.13. The summed E-state index contributed by atoms with van der Waals surface area (Å²) in [6.45, 7) is 1.35. The van der Waals surface area contributed by atoms with Gasteiger partial charge in [-0.2, -0.15) is 0 Å². The van der Waals surface area contributed by atoms with Crippen LogP contribution >= 0.6 is 11.6 Å². The molecule has 0 saturated heterocycles. The first-order valence-corrected chi connectivity index (χ1v) is 6.96. The molecule has 116 valence electrons. The largest absolute Gasteiger partial charge is 0.508 e. The highest BCUT2D eigenvalue weighted by Crippen LogP contribution is 2.21. The van der Waals surface area contributed by atoms with Crippen LogP contribution in [0.1, 0.15) is 27.5 Å². The fourth-order valence-electron chi connectivity index (χ4n) is 2.10. The molecule has 0 spiro atoms. The number of phenolic OH excluding ortho intramolecular Hbond substituents is 1. The Labute approximate surface area is 132 Å². The lowest BCUT2D eigenvalue weighted by atomic mass is 10.1. The van der Waals surface area contributed by atoms with Crippen LogP contribution in [0.3, 0.4) is 0 Å². The molecule has 0 saturated carbocycles. The molecule has 6 heteroatoms. The van der Waals surface area contributed by atoms with E-state index < -0.39 is 24.4 Å². The summed E-state index contributed by atoms with van der Waals surface area (Å²) in [6, 6.07) is 7.72. The van der Waals surface area contributed by atoms with Gasteiger partial charge in [0.1, 0.15) is 11.6 Å². The Balaban J connectivity index is 2.22. The number of aryl methyl sites for hydroxylation is 1. The van der Waals surface area contributed by atoms with Crippen molar-refractivity contribution in [2.75, 3.05) is 6.61 Å². The fourth-order valence-corrected chi connectivity index (χ4v) is 2.22. The minimum atomic E-state index is -0.776. The molecule has 4 nitrogen and oxygen atoms in total. The van der Waals surface area contributed by atoms with E-state index in [0.717, 1.165) is 11.6 Å². The predicted octanol–water partition coefficient (Wildman–Crippen LogP) is 2.96. The van der Waals surface area contributed by atoms with Crippen molar-refractivity contribution in [3.8, 4) is 5.75 Å². The van der Waals surface area contributed by atoms with Gasteiger partial charge < -0.3 is 15.5 Å². The zero-order chi connectivity index (χ0) is 16.3. The molecule has 22 heavy (non-hydrogen) atoms. The number of aliphatic hydroxyl groups is 1. The van der Waals surface area contributed by atoms with E-state index >= 15 is 0 Å². The van der Waals surface area contributed by atoms with Gasteiger partial charge in [-0.25, -0.2) is 4.39 Å². The summed E-state index contributed by atoms with van der Waals surface area (Å²) in [6.07, 6.45) is 0. The minimum absolute atomic E-state index is 0.0248. The molecule has 2 aromatic rings. The van der Waals surface area contributed by atoms with Crippen molar-refractivity contribution in [3.05, 3.63) is 63.9 Å². The van der Waals surface area contributed by atoms with E-state index in [4.69, 9.17) is 11.6 Å². The smallest absolute Gasteiger partial charge is 0.251 e. The molecule has 0 bridgehead atoms. The lowest BCUT2D eigenvalue weighted by molar-refractivity contribution is 0.0915. The van der Waals surface area contributed by atoms with Gasteiger partial charge >= 0.3 is 0 Å². The average molecular weight is 324 g/mol. The Kier molecular flexibility index (Phi) is 5.00. The van der Waals surface area contributed by atoms with Crippen LogP contribution in [-0.2, 0) is 0 Å². The highest BCUT2D eigenvalue weighted by molar-refractivity contribution is 6.30. The van der Waals surface area contributed by atoms with Gasteiger partial charge in [0.25, 0.3) is 5.91 Å². The van der Waals surface area contributed by atoms with Crippen LogP contribution in [0.15, 0.2) is 36.4 Å². The number of carbonyl (C=O) groups is 1. The number of phenols is 1. The van der Waals surface area contributed by atoms with Gasteiger partial charge in [0.2, 0.25) is 0 Å². The Morgan fingerprint density at radius 3 is 2.64 bits per heavy atom. The van der Waals surface area contributed by atoms with Crippen molar-refractivity contribution >= 4 is 17.5 Å². The molecule has 0 aliphatic rings. The van der Waals surface area contributed by atoms with Crippen molar-refractivity contribution in [1.29, 1.82) is 0 Å². The van der Waals surface area contributed by atoms with Gasteiger partial charge in [-0.3, -0.25) is 4.79 Å². The van der Waals surface area contributed by atoms with E-state index in [2.05, 4.69) is 5.32 Å². The van der Waals surface area contributed by atoms with Crippen molar-refractivity contribution in [2.45, 2.75) is 13.0 Å². The predicted molar refractivity (Wildman–Crippen MR) is 81.5 cm³/mol. The topological polar surface area (TPSA) is 69.6 Å². The number of hydrogen-bond acceptors (Lipinski definition) is 3. The van der Waals surface area contributed by atoms with Crippen LogP contribution in [0, 0.1) is 12.7 Å². The standard InChI is InChI=1S/C16H15ClFNO3/c1-9-4-11(6-12(21)5-9)16(22)19-15(8-20)10-2-3-13(17)14(18)7-10/h2-7,15,20-21H,8H2,1H3,(H,19,22).